The van der Waals surface area contributed by atoms with E-state index in [-0.39, 0.29) is 74.5 Å². The zero-order valence-electron chi connectivity index (χ0n) is 60.5. The minimum atomic E-state index is -1.67. The van der Waals surface area contributed by atoms with Crippen molar-refractivity contribution in [2.45, 2.75) is 236 Å². The number of amides is 10. The molecule has 0 aromatic carbocycles. The van der Waals surface area contributed by atoms with Crippen LogP contribution in [0.25, 0.3) is 6.08 Å². The Morgan fingerprint density at radius 2 is 0.957 bits per heavy atom. The standard InChI is InChI=1S/C69H117N11O13/c1-25-49-64(87)75(19)37-55(81)76(20)52(34-40(6)7)61(84)73-50(32-38(2)3)65(88)77(21)53(35-41(8)9)60(83)71-47(18)69(92)93-59(44(14)15)68(91)78(22)54(36-42(10)11)62(85)74-51(33-39(4)5)66(89)79(23)56(43(12)13)67(90)80(24)57(63(86)72-49)58(82)45(16)28-26-30-48-31-27-29-46(17)70-48/h26-27,29-31,38-45,47,49-54,56-59,82H,25,28,32-37H2,1-24H3,(H,71,83)(H,72,86)(H,73,84)(H,74,85)/b30-26-/t45-,47-,49+,50-,51+,52+,53-,54+,56+,57+,58?,59+/m1/s1. The Bertz CT molecular complexity index is 2730. The van der Waals surface area contributed by atoms with Crippen molar-refractivity contribution in [2.24, 2.45) is 47.3 Å². The second kappa shape index (κ2) is 37.8. The molecule has 1 aliphatic heterocycles. The SMILES string of the molecule is CC[C@@H]1NC(=O)[C@H](C(O)[C@H](C)C/C=C\c2cccc(C)n2)N(C)C(=O)[C@H](C(C)C)N(C)C(=O)[C@H](CC(C)C)NC(=O)[C@H](CC(C)C)N(C)C(=O)[C@H](C(C)C)OC(=O)[C@@H](C)NC(=O)[C@@H](CC(C)C)N(C)C(=O)[C@@H](CC(C)C)NC(=O)[C@H](CC(C)C)N(C)C(=O)CN(C)C1=O. The van der Waals surface area contributed by atoms with E-state index in [1.165, 1.54) is 68.8 Å². The van der Waals surface area contributed by atoms with Crippen molar-refractivity contribution >= 4 is 71.1 Å². The molecule has 0 spiro atoms. The summed E-state index contributed by atoms with van der Waals surface area (Å²) in [5, 5.41) is 23.6. The number of esters is 1. The lowest BCUT2D eigenvalue weighted by Gasteiger charge is -2.40. The quantitative estimate of drug-likeness (QED) is 0.118. The molecule has 526 valence electrons. The molecule has 24 nitrogen and oxygen atoms in total. The number of carbonyl (C=O) groups excluding carboxylic acids is 11. The normalized spacial score (nSPS) is 25.5. The molecular formula is C69H117N11O13. The Morgan fingerprint density at radius 3 is 1.40 bits per heavy atom. The number of aryl methyl sites for hydroxylation is 1. The van der Waals surface area contributed by atoms with Gasteiger partial charge in [0.1, 0.15) is 54.4 Å². The highest BCUT2D eigenvalue weighted by molar-refractivity contribution is 5.99. The number of carbonyl (C=O) groups is 11. The van der Waals surface area contributed by atoms with Gasteiger partial charge < -0.3 is 60.5 Å². The molecule has 12 atom stereocenters. The highest BCUT2D eigenvalue weighted by Crippen LogP contribution is 2.25. The van der Waals surface area contributed by atoms with Crippen LogP contribution in [0.4, 0.5) is 0 Å². The van der Waals surface area contributed by atoms with Crippen LogP contribution in [0.2, 0.25) is 0 Å². The van der Waals surface area contributed by atoms with Crippen molar-refractivity contribution < 1.29 is 62.6 Å². The molecule has 0 saturated carbocycles. The number of likely N-dealkylation sites (N-methyl/N-ethyl adjacent to an activating group) is 6. The predicted octanol–water partition coefficient (Wildman–Crippen LogP) is 5.22. The van der Waals surface area contributed by atoms with E-state index in [1.807, 2.05) is 94.4 Å². The van der Waals surface area contributed by atoms with E-state index in [0.717, 1.165) is 15.5 Å². The van der Waals surface area contributed by atoms with Crippen LogP contribution in [-0.4, -0.2) is 220 Å². The Morgan fingerprint density at radius 1 is 0.527 bits per heavy atom. The molecule has 93 heavy (non-hydrogen) atoms. The zero-order valence-corrected chi connectivity index (χ0v) is 60.5. The summed E-state index contributed by atoms with van der Waals surface area (Å²) >= 11 is 0. The van der Waals surface area contributed by atoms with E-state index in [4.69, 9.17) is 4.74 Å². The van der Waals surface area contributed by atoms with Gasteiger partial charge in [0, 0.05) is 48.0 Å². The van der Waals surface area contributed by atoms with E-state index >= 15 is 14.4 Å². The molecule has 2 heterocycles. The molecule has 1 aliphatic rings. The molecule has 1 saturated heterocycles. The molecule has 5 N–H and O–H groups in total. The first-order chi connectivity index (χ1) is 43.1. The summed E-state index contributed by atoms with van der Waals surface area (Å²) in [5.41, 5.74) is 1.45. The van der Waals surface area contributed by atoms with E-state index in [9.17, 15) is 43.5 Å². The summed E-state index contributed by atoms with van der Waals surface area (Å²) in [6.45, 7) is 31.3. The average molecular weight is 1310 g/mol. The van der Waals surface area contributed by atoms with Gasteiger partial charge in [-0.2, -0.15) is 0 Å². The van der Waals surface area contributed by atoms with Crippen molar-refractivity contribution in [3.8, 4) is 0 Å². The Hall–Kier alpha value is -6.98. The monoisotopic (exact) mass is 1310 g/mol. The van der Waals surface area contributed by atoms with Crippen molar-refractivity contribution in [1.29, 1.82) is 0 Å². The lowest BCUT2D eigenvalue weighted by Crippen LogP contribution is -2.63. The topological polar surface area (TPSA) is 298 Å². The maximum absolute atomic E-state index is 15.3. The lowest BCUT2D eigenvalue weighted by molar-refractivity contribution is -0.166. The molecule has 24 heteroatoms. The summed E-state index contributed by atoms with van der Waals surface area (Å²) in [5.74, 6) is -10.9. The summed E-state index contributed by atoms with van der Waals surface area (Å²) < 4.78 is 5.92. The van der Waals surface area contributed by atoms with E-state index in [0.29, 0.717) is 5.69 Å². The first-order valence-corrected chi connectivity index (χ1v) is 33.4. The van der Waals surface area contributed by atoms with Crippen LogP contribution in [0.1, 0.15) is 174 Å². The third kappa shape index (κ3) is 24.4. The van der Waals surface area contributed by atoms with Crippen LogP contribution in [0, 0.1) is 54.3 Å². The number of nitrogens with one attached hydrogen (secondary N) is 4. The Labute approximate surface area is 555 Å². The molecule has 2 rings (SSSR count). The number of hydrogen-bond acceptors (Lipinski definition) is 14. The number of aromatic nitrogens is 1. The number of ether oxygens (including phenoxy) is 1. The molecule has 0 bridgehead atoms. The molecule has 10 amide bonds. The number of hydrogen-bond donors (Lipinski definition) is 5. The molecule has 1 aromatic heterocycles. The number of aliphatic hydroxyl groups is 1. The van der Waals surface area contributed by atoms with Crippen molar-refractivity contribution in [1.82, 2.24) is 55.7 Å². The highest BCUT2D eigenvalue weighted by atomic mass is 16.6. The molecule has 1 unspecified atom stereocenters. The van der Waals surface area contributed by atoms with Gasteiger partial charge in [-0.3, -0.25) is 52.9 Å². The zero-order chi connectivity index (χ0) is 71.4. The van der Waals surface area contributed by atoms with Crippen LogP contribution in [0.5, 0.6) is 0 Å². The van der Waals surface area contributed by atoms with Gasteiger partial charge in [0.15, 0.2) is 6.10 Å². The lowest BCUT2D eigenvalue weighted by atomic mass is 9.91. The summed E-state index contributed by atoms with van der Waals surface area (Å²) in [6.07, 6.45) is 1.35. The fourth-order valence-electron chi connectivity index (χ4n) is 11.5. The summed E-state index contributed by atoms with van der Waals surface area (Å²) in [6, 6.07) is -6.09. The van der Waals surface area contributed by atoms with Crippen LogP contribution < -0.4 is 21.3 Å². The van der Waals surface area contributed by atoms with E-state index < -0.39 is 156 Å². The Kier molecular flexibility index (Phi) is 33.4. The number of rotatable bonds is 18. The van der Waals surface area contributed by atoms with E-state index in [2.05, 4.69) is 26.3 Å². The second-order valence-electron chi connectivity index (χ2n) is 28.6. The van der Waals surface area contributed by atoms with Gasteiger partial charge in [-0.1, -0.05) is 123 Å². The third-order valence-electron chi connectivity index (χ3n) is 17.0. The number of cyclic esters (lactones) is 1. The fraction of sp³-hybridized carbons (Fsp3) is 0.739. The first-order valence-electron chi connectivity index (χ1n) is 33.4. The fourth-order valence-corrected chi connectivity index (χ4v) is 11.5. The minimum absolute atomic E-state index is 0.000978. The maximum atomic E-state index is 15.3. The van der Waals surface area contributed by atoms with Gasteiger partial charge in [0.2, 0.25) is 53.2 Å². The summed E-state index contributed by atoms with van der Waals surface area (Å²) in [7, 11) is 8.38. The van der Waals surface area contributed by atoms with Gasteiger partial charge in [-0.25, -0.2) is 4.79 Å². The largest absolute Gasteiger partial charge is 0.450 e. The van der Waals surface area contributed by atoms with E-state index in [1.54, 1.807) is 53.7 Å². The van der Waals surface area contributed by atoms with Crippen molar-refractivity contribution in [3.63, 3.8) is 0 Å². The predicted molar refractivity (Wildman–Crippen MR) is 359 cm³/mol. The van der Waals surface area contributed by atoms with Gasteiger partial charge in [0.05, 0.1) is 18.3 Å². The Balaban J connectivity index is 3.02. The average Bonchev–Trinajstić information content (AvgIpc) is 0.825. The van der Waals surface area contributed by atoms with Gasteiger partial charge in [-0.15, -0.1) is 0 Å². The van der Waals surface area contributed by atoms with Crippen LogP contribution in [0.3, 0.4) is 0 Å². The summed E-state index contributed by atoms with van der Waals surface area (Å²) in [4.78, 5) is 173. The molecule has 0 radical (unpaired) electrons. The van der Waals surface area contributed by atoms with Crippen molar-refractivity contribution in [2.75, 3.05) is 48.8 Å². The maximum Gasteiger partial charge on any atom is 0.329 e. The molecule has 1 fully saturated rings. The third-order valence-corrected chi connectivity index (χ3v) is 17.0. The molecule has 1 aromatic rings. The highest BCUT2D eigenvalue weighted by Gasteiger charge is 2.45. The number of nitrogens with zero attached hydrogens (tertiary/aromatic N) is 7. The number of allylic oxidation sites excluding steroid dienone is 1. The smallest absolute Gasteiger partial charge is 0.329 e. The van der Waals surface area contributed by atoms with Crippen molar-refractivity contribution in [3.05, 3.63) is 35.7 Å². The minimum Gasteiger partial charge on any atom is -0.450 e. The first kappa shape index (κ1) is 82.1. The number of aliphatic hydroxyl groups excluding tert-OH is 1. The second-order valence-corrected chi connectivity index (χ2v) is 28.6. The molecular weight excluding hydrogens is 1190 g/mol. The molecule has 0 aliphatic carbocycles. The van der Waals surface area contributed by atoms with Crippen LogP contribution in [0.15, 0.2) is 24.3 Å². The van der Waals surface area contributed by atoms with Gasteiger partial charge >= 0.3 is 5.97 Å². The number of pyridine rings is 1. The van der Waals surface area contributed by atoms with Crippen LogP contribution >= 0.6 is 0 Å². The van der Waals surface area contributed by atoms with Gasteiger partial charge in [-0.05, 0) is 124 Å². The van der Waals surface area contributed by atoms with Crippen LogP contribution in [-0.2, 0) is 57.5 Å². The van der Waals surface area contributed by atoms with Gasteiger partial charge in [0.25, 0.3) is 5.91 Å².